The Hall–Kier alpha value is -2.06. The maximum Gasteiger partial charge on any atom is 0.349 e. The number of fused-ring (bicyclic) bond motifs is 1. The first-order valence-corrected chi connectivity index (χ1v) is 11.4. The molecule has 1 amide bonds. The fourth-order valence-corrected chi connectivity index (χ4v) is 5.52. The molecule has 1 heterocycles. The highest BCUT2D eigenvalue weighted by molar-refractivity contribution is 7.48. The molecule has 0 fully saturated rings. The Balaban J connectivity index is 2.04. The Bertz CT molecular complexity index is 1040. The maximum atomic E-state index is 15.2. The zero-order valence-corrected chi connectivity index (χ0v) is 18.4. The van der Waals surface area contributed by atoms with E-state index in [0.29, 0.717) is 17.0 Å². The lowest BCUT2D eigenvalue weighted by Crippen LogP contribution is -2.15. The molecule has 166 valence electrons. The molecule has 0 saturated heterocycles. The molecule has 1 N–H and O–H groups in total. The predicted molar refractivity (Wildman–Crippen MR) is 115 cm³/mol. The molecule has 3 rings (SSSR count). The quantitative estimate of drug-likeness (QED) is 0.258. The van der Waals surface area contributed by atoms with Crippen LogP contribution in [0.3, 0.4) is 0 Å². The number of benzene rings is 2. The van der Waals surface area contributed by atoms with E-state index >= 15 is 8.78 Å². The van der Waals surface area contributed by atoms with Gasteiger partial charge in [-0.25, -0.2) is 8.78 Å². The smallest absolute Gasteiger partial charge is 0.330 e. The minimum Gasteiger partial charge on any atom is -0.330 e. The van der Waals surface area contributed by atoms with Crippen LogP contribution in [0.25, 0.3) is 10.1 Å². The van der Waals surface area contributed by atoms with Gasteiger partial charge in [0.1, 0.15) is 0 Å². The van der Waals surface area contributed by atoms with E-state index in [1.54, 1.807) is 30.3 Å². The van der Waals surface area contributed by atoms with Crippen molar-refractivity contribution < 1.29 is 31.4 Å². The van der Waals surface area contributed by atoms with Gasteiger partial charge in [0.25, 0.3) is 20.7 Å². The molecule has 0 spiro atoms. The summed E-state index contributed by atoms with van der Waals surface area (Å²) in [5, 5.41) is 2.57. The first-order valence-electron chi connectivity index (χ1n) is 9.44. The Morgan fingerprint density at radius 1 is 1.10 bits per heavy atom. The lowest BCUT2D eigenvalue weighted by atomic mass is 10.1. The normalized spacial score (nSPS) is 12.1. The van der Waals surface area contributed by atoms with Crippen molar-refractivity contribution in [1.29, 1.82) is 0 Å². The molecule has 0 radical (unpaired) electrons. The average molecular weight is 473 g/mol. The molecule has 0 saturated carbocycles. The lowest BCUT2D eigenvalue weighted by Gasteiger charge is -2.25. The predicted octanol–water partition coefficient (Wildman–Crippen LogP) is 7.53. The third kappa shape index (κ3) is 5.06. The number of rotatable bonds is 9. The number of carbonyl (C=O) groups excluding carboxylic acids is 1. The molecule has 0 aliphatic heterocycles. The van der Waals surface area contributed by atoms with Crippen molar-refractivity contribution in [2.75, 3.05) is 18.5 Å². The summed E-state index contributed by atoms with van der Waals surface area (Å²) in [6.45, 7) is 2.97. The van der Waals surface area contributed by atoms with E-state index in [1.807, 2.05) is 0 Å². The summed E-state index contributed by atoms with van der Waals surface area (Å²) in [7, 11) is -2.75. The van der Waals surface area contributed by atoms with Crippen LogP contribution in [0.4, 0.5) is 23.2 Å². The van der Waals surface area contributed by atoms with E-state index in [-0.39, 0.29) is 28.9 Å². The van der Waals surface area contributed by atoms with Gasteiger partial charge in [0.05, 0.1) is 18.1 Å². The van der Waals surface area contributed by atoms with Gasteiger partial charge in [-0.1, -0.05) is 18.2 Å². The van der Waals surface area contributed by atoms with Crippen LogP contribution < -0.4 is 5.32 Å². The van der Waals surface area contributed by atoms with Gasteiger partial charge in [0, 0.05) is 26.9 Å². The molecule has 31 heavy (non-hydrogen) atoms. The van der Waals surface area contributed by atoms with Gasteiger partial charge < -0.3 is 14.4 Å². The van der Waals surface area contributed by atoms with Crippen LogP contribution in [0.2, 0.25) is 0 Å². The maximum absolute atomic E-state index is 15.2. The SMILES string of the molecule is CCOP(OCC)C(F)(F)c1sc2ccc(C(=O)Nc3ccccc3)cc2c1C(F)F. The summed E-state index contributed by atoms with van der Waals surface area (Å²) in [6, 6.07) is 12.6. The number of thiophene rings is 1. The van der Waals surface area contributed by atoms with Crippen LogP contribution >= 0.6 is 19.7 Å². The monoisotopic (exact) mass is 473 g/mol. The van der Waals surface area contributed by atoms with Crippen molar-refractivity contribution in [1.82, 2.24) is 0 Å². The number of hydrogen-bond acceptors (Lipinski definition) is 4. The summed E-state index contributed by atoms with van der Waals surface area (Å²) >= 11 is 0.558. The highest BCUT2D eigenvalue weighted by atomic mass is 32.1. The van der Waals surface area contributed by atoms with Crippen LogP contribution in [0.15, 0.2) is 48.5 Å². The van der Waals surface area contributed by atoms with Crippen LogP contribution in [-0.4, -0.2) is 19.1 Å². The molecule has 0 unspecified atom stereocenters. The second kappa shape index (κ2) is 10.0. The van der Waals surface area contributed by atoms with Crippen LogP contribution in [0, 0.1) is 0 Å². The summed E-state index contributed by atoms with van der Waals surface area (Å²) in [4.78, 5) is 11.7. The van der Waals surface area contributed by atoms with E-state index < -0.39 is 36.8 Å². The van der Waals surface area contributed by atoms with Gasteiger partial charge in [-0.2, -0.15) is 8.78 Å². The van der Waals surface area contributed by atoms with Crippen LogP contribution in [-0.2, 0) is 14.7 Å². The summed E-state index contributed by atoms with van der Waals surface area (Å²) in [5.41, 5.74) is -3.92. The van der Waals surface area contributed by atoms with Crippen molar-refractivity contribution in [2.24, 2.45) is 0 Å². The Kier molecular flexibility index (Phi) is 7.64. The first kappa shape index (κ1) is 23.6. The minimum absolute atomic E-state index is 0.0417. The van der Waals surface area contributed by atoms with Gasteiger partial charge in [0.15, 0.2) is 0 Å². The van der Waals surface area contributed by atoms with E-state index in [9.17, 15) is 13.6 Å². The standard InChI is InChI=1S/C21H20F4NO3PS/c1-3-28-30(29-4-2)21(24,25)18-17(19(22)23)15-12-13(10-11-16(15)31-18)20(27)26-14-8-6-5-7-9-14/h5-12,19H,3-4H2,1-2H3,(H,26,27). The third-order valence-corrected chi connectivity index (χ3v) is 7.31. The van der Waals surface area contributed by atoms with Gasteiger partial charge >= 0.3 is 5.66 Å². The minimum atomic E-state index is -3.73. The Labute approximate surface area is 182 Å². The average Bonchev–Trinajstić information content (AvgIpc) is 3.14. The summed E-state index contributed by atoms with van der Waals surface area (Å²) in [6.07, 6.45) is -3.16. The van der Waals surface area contributed by atoms with Gasteiger partial charge in [-0.15, -0.1) is 11.3 Å². The molecular weight excluding hydrogens is 453 g/mol. The molecule has 10 heteroatoms. The fraction of sp³-hybridized carbons (Fsp3) is 0.286. The highest BCUT2D eigenvalue weighted by Crippen LogP contribution is 2.63. The van der Waals surface area contributed by atoms with E-state index in [0.717, 1.165) is 0 Å². The Morgan fingerprint density at radius 3 is 2.32 bits per heavy atom. The van der Waals surface area contributed by atoms with E-state index in [1.165, 1.54) is 32.0 Å². The number of alkyl halides is 4. The molecule has 0 atom stereocenters. The molecule has 3 aromatic rings. The second-order valence-electron chi connectivity index (χ2n) is 6.31. The van der Waals surface area contributed by atoms with E-state index in [2.05, 4.69) is 5.32 Å². The first-order chi connectivity index (χ1) is 14.8. The highest BCUT2D eigenvalue weighted by Gasteiger charge is 2.49. The summed E-state index contributed by atoms with van der Waals surface area (Å²) < 4.78 is 68.5. The zero-order chi connectivity index (χ0) is 22.6. The summed E-state index contributed by atoms with van der Waals surface area (Å²) in [5.74, 6) is -0.529. The van der Waals surface area contributed by atoms with Gasteiger partial charge in [0.2, 0.25) is 0 Å². The number of amides is 1. The van der Waals surface area contributed by atoms with Gasteiger partial charge in [-0.05, 0) is 44.2 Å². The Morgan fingerprint density at radius 2 is 1.74 bits per heavy atom. The molecule has 1 aromatic heterocycles. The number of carbonyl (C=O) groups is 1. The largest absolute Gasteiger partial charge is 0.349 e. The molecule has 0 aliphatic rings. The fourth-order valence-electron chi connectivity index (χ4n) is 2.94. The van der Waals surface area contributed by atoms with Gasteiger partial charge in [-0.3, -0.25) is 4.79 Å². The van der Waals surface area contributed by atoms with Crippen molar-refractivity contribution >= 4 is 41.4 Å². The molecular formula is C21H20F4NO3PS. The molecule has 4 nitrogen and oxygen atoms in total. The van der Waals surface area contributed by atoms with Crippen molar-refractivity contribution in [3.05, 3.63) is 64.5 Å². The zero-order valence-electron chi connectivity index (χ0n) is 16.7. The lowest BCUT2D eigenvalue weighted by molar-refractivity contribution is 0.0552. The van der Waals surface area contributed by atoms with Crippen LogP contribution in [0.5, 0.6) is 0 Å². The number of halogens is 4. The van der Waals surface area contributed by atoms with Crippen molar-refractivity contribution in [3.8, 4) is 0 Å². The number of anilines is 1. The molecule has 2 aromatic carbocycles. The molecule has 0 bridgehead atoms. The number of hydrogen-bond donors (Lipinski definition) is 1. The van der Waals surface area contributed by atoms with E-state index in [4.69, 9.17) is 9.05 Å². The number of nitrogens with one attached hydrogen (secondary N) is 1. The molecule has 0 aliphatic carbocycles. The number of para-hydroxylation sites is 1. The topological polar surface area (TPSA) is 47.6 Å². The van der Waals surface area contributed by atoms with Crippen LogP contribution in [0.1, 0.15) is 41.1 Å². The third-order valence-electron chi connectivity index (χ3n) is 4.23. The second-order valence-corrected chi connectivity index (χ2v) is 8.96. The van der Waals surface area contributed by atoms with Crippen molar-refractivity contribution in [2.45, 2.75) is 25.9 Å². The van der Waals surface area contributed by atoms with Crippen molar-refractivity contribution in [3.63, 3.8) is 0 Å².